The number of aromatic nitrogens is 4. The monoisotopic (exact) mass is 521 g/mol. The lowest BCUT2D eigenvalue weighted by atomic mass is 9.97. The molecule has 5 atom stereocenters. The van der Waals surface area contributed by atoms with Crippen LogP contribution in [-0.2, 0) is 4.74 Å². The van der Waals surface area contributed by atoms with Crippen LogP contribution in [0.25, 0.3) is 11.4 Å². The number of aliphatic hydroxyl groups excluding tert-OH is 3. The molecule has 1 fully saturated rings. The zero-order valence-electron chi connectivity index (χ0n) is 16.4. The predicted molar refractivity (Wildman–Crippen MR) is 120 cm³/mol. The third kappa shape index (κ3) is 4.59. The van der Waals surface area contributed by atoms with Gasteiger partial charge in [-0.1, -0.05) is 40.2 Å². The summed E-state index contributed by atoms with van der Waals surface area (Å²) in [6.45, 7) is -0.494. The third-order valence-corrected chi connectivity index (χ3v) is 7.39. The van der Waals surface area contributed by atoms with Gasteiger partial charge >= 0.3 is 0 Å². The summed E-state index contributed by atoms with van der Waals surface area (Å²) in [6.07, 6.45) is -1.99. The van der Waals surface area contributed by atoms with Crippen molar-refractivity contribution in [3.05, 3.63) is 39.6 Å². The Morgan fingerprint density at radius 3 is 2.59 bits per heavy atom. The molecule has 3 aromatic rings. The first kappa shape index (κ1) is 23.6. The second-order valence-corrected chi connectivity index (χ2v) is 9.73. The van der Waals surface area contributed by atoms with Crippen LogP contribution in [0.1, 0.15) is 6.04 Å². The minimum absolute atomic E-state index is 0.175. The first-order chi connectivity index (χ1) is 15.3. The number of ether oxygens (including phenoxy) is 1. The fraction of sp³-hybridized carbons (Fsp3) is 0.389. The van der Waals surface area contributed by atoms with E-state index in [1.165, 1.54) is 28.2 Å². The van der Waals surface area contributed by atoms with E-state index in [9.17, 15) is 19.7 Å². The zero-order valence-corrected chi connectivity index (χ0v) is 19.5. The van der Waals surface area contributed by atoms with Crippen molar-refractivity contribution in [2.45, 2.75) is 34.7 Å². The summed E-state index contributed by atoms with van der Waals surface area (Å²) >= 11 is 14.1. The predicted octanol–water partition coefficient (Wildman–Crippen LogP) is 2.66. The Bertz CT molecular complexity index is 1080. The molecule has 2 aromatic heterocycles. The van der Waals surface area contributed by atoms with Crippen molar-refractivity contribution in [2.75, 3.05) is 19.0 Å². The zero-order chi connectivity index (χ0) is 23.0. The van der Waals surface area contributed by atoms with Crippen LogP contribution in [0.3, 0.4) is 0 Å². The second-order valence-electron chi connectivity index (χ2n) is 6.89. The topological polar surface area (TPSA) is 126 Å². The van der Waals surface area contributed by atoms with Gasteiger partial charge in [0.25, 0.3) is 0 Å². The Kier molecular flexibility index (Phi) is 7.22. The van der Waals surface area contributed by atoms with E-state index in [2.05, 4.69) is 20.6 Å². The van der Waals surface area contributed by atoms with Gasteiger partial charge in [0.05, 0.1) is 22.8 Å². The molecule has 1 aliphatic heterocycles. The van der Waals surface area contributed by atoms with Crippen LogP contribution in [0.2, 0.25) is 10.0 Å². The van der Waals surface area contributed by atoms with E-state index in [1.54, 1.807) is 18.6 Å². The minimum atomic E-state index is -1.27. The normalized spacial score (nSPS) is 25.8. The van der Waals surface area contributed by atoms with Gasteiger partial charge < -0.3 is 25.4 Å². The van der Waals surface area contributed by atoms with E-state index in [0.717, 1.165) is 11.8 Å². The molecule has 4 N–H and O–H groups in total. The van der Waals surface area contributed by atoms with Crippen LogP contribution >= 0.6 is 46.3 Å². The maximum Gasteiger partial charge on any atom is 0.183 e. The van der Waals surface area contributed by atoms with E-state index in [4.69, 9.17) is 27.9 Å². The van der Waals surface area contributed by atoms with Crippen molar-refractivity contribution in [2.24, 2.45) is 0 Å². The highest BCUT2D eigenvalue weighted by molar-refractivity contribution is 7.99. The number of rotatable bonds is 6. The lowest BCUT2D eigenvalue weighted by molar-refractivity contribution is -0.178. The van der Waals surface area contributed by atoms with Crippen LogP contribution in [0.4, 0.5) is 9.52 Å². The fourth-order valence-corrected chi connectivity index (χ4v) is 5.68. The number of halogens is 3. The highest BCUT2D eigenvalue weighted by Crippen LogP contribution is 2.40. The highest BCUT2D eigenvalue weighted by Gasteiger charge is 2.46. The van der Waals surface area contributed by atoms with E-state index in [1.807, 2.05) is 0 Å². The van der Waals surface area contributed by atoms with Gasteiger partial charge in [-0.3, -0.25) is 0 Å². The number of anilines is 1. The van der Waals surface area contributed by atoms with E-state index in [-0.39, 0.29) is 10.0 Å². The molecule has 0 bridgehead atoms. The average molecular weight is 522 g/mol. The molecule has 1 aliphatic rings. The maximum absolute atomic E-state index is 13.7. The number of nitrogens with zero attached hydrogens (tertiary/aromatic N) is 4. The Hall–Kier alpha value is -1.51. The summed E-state index contributed by atoms with van der Waals surface area (Å²) in [6, 6.07) is 1.73. The van der Waals surface area contributed by atoms with Crippen molar-refractivity contribution < 1.29 is 24.4 Å². The summed E-state index contributed by atoms with van der Waals surface area (Å²) in [7, 11) is 1.75. The molecule has 32 heavy (non-hydrogen) atoms. The Balaban J connectivity index is 1.61. The molecule has 0 aliphatic carbocycles. The number of aliphatic hydroxyl groups is 3. The van der Waals surface area contributed by atoms with Crippen LogP contribution in [0.15, 0.2) is 28.6 Å². The molecule has 14 heteroatoms. The van der Waals surface area contributed by atoms with Gasteiger partial charge in [-0.05, 0) is 12.1 Å². The van der Waals surface area contributed by atoms with Gasteiger partial charge in [0, 0.05) is 17.3 Å². The maximum atomic E-state index is 13.7. The Labute approximate surface area is 200 Å². The van der Waals surface area contributed by atoms with E-state index in [0.29, 0.717) is 21.4 Å². The highest BCUT2D eigenvalue weighted by atomic mass is 35.5. The van der Waals surface area contributed by atoms with Gasteiger partial charge in [-0.15, -0.1) is 16.4 Å². The molecule has 3 heterocycles. The van der Waals surface area contributed by atoms with E-state index < -0.39 is 42.2 Å². The standard InChI is InChI=1S/C18H18Cl2FN5O4S2/c1-22-18-23-11(6-31-18)10-4-26(25-24-10)14-15(28)12(5-27)30-17(16(14)29)32-7-2-8(19)13(21)9(20)3-7/h2-4,6,12,14-17,27-29H,5H2,1H3,(H,22,23)/t12-,14+,15+,16-,17-/m1/s1. The average Bonchev–Trinajstić information content (AvgIpc) is 3.43. The molecule has 0 radical (unpaired) electrons. The number of thiazole rings is 1. The summed E-state index contributed by atoms with van der Waals surface area (Å²) in [5.74, 6) is -0.747. The molecule has 4 rings (SSSR count). The Morgan fingerprint density at radius 1 is 1.25 bits per heavy atom. The fourth-order valence-electron chi connectivity index (χ4n) is 3.26. The van der Waals surface area contributed by atoms with Crippen molar-refractivity contribution >= 4 is 51.4 Å². The van der Waals surface area contributed by atoms with Crippen LogP contribution in [-0.4, -0.2) is 72.7 Å². The molecule has 172 valence electrons. The largest absolute Gasteiger partial charge is 0.394 e. The van der Waals surface area contributed by atoms with Crippen molar-refractivity contribution in [1.29, 1.82) is 0 Å². The van der Waals surface area contributed by atoms with Gasteiger partial charge in [0.15, 0.2) is 10.9 Å². The SMILES string of the molecule is CNc1nc(-c2cn([C@@H]3[C@@H](O)[C@@H](Sc4cc(Cl)c(F)c(Cl)c4)O[C@H](CO)[C@@H]3O)nn2)cs1. The number of hydrogen-bond donors (Lipinski definition) is 4. The molecule has 0 spiro atoms. The van der Waals surface area contributed by atoms with Gasteiger partial charge in [-0.25, -0.2) is 14.1 Å². The lowest BCUT2D eigenvalue weighted by Gasteiger charge is -2.41. The molecular weight excluding hydrogens is 504 g/mol. The summed E-state index contributed by atoms with van der Waals surface area (Å²) in [5.41, 5.74) is 0.0957. The van der Waals surface area contributed by atoms with Crippen molar-refractivity contribution in [3.63, 3.8) is 0 Å². The number of benzene rings is 1. The summed E-state index contributed by atoms with van der Waals surface area (Å²) < 4.78 is 20.8. The summed E-state index contributed by atoms with van der Waals surface area (Å²) in [5, 5.41) is 44.7. The van der Waals surface area contributed by atoms with Crippen LogP contribution in [0.5, 0.6) is 0 Å². The van der Waals surface area contributed by atoms with E-state index >= 15 is 0 Å². The van der Waals surface area contributed by atoms with Gasteiger partial charge in [0.2, 0.25) is 0 Å². The molecular formula is C18H18Cl2FN5O4S2. The first-order valence-corrected chi connectivity index (χ1v) is 11.8. The van der Waals surface area contributed by atoms with Crippen molar-refractivity contribution in [1.82, 2.24) is 20.0 Å². The summed E-state index contributed by atoms with van der Waals surface area (Å²) in [4.78, 5) is 4.81. The number of hydrogen-bond acceptors (Lipinski definition) is 10. The molecule has 0 amide bonds. The lowest BCUT2D eigenvalue weighted by Crippen LogP contribution is -2.55. The molecule has 1 aromatic carbocycles. The minimum Gasteiger partial charge on any atom is -0.394 e. The molecule has 1 saturated heterocycles. The van der Waals surface area contributed by atoms with Gasteiger partial charge in [0.1, 0.15) is 41.2 Å². The molecule has 0 unspecified atom stereocenters. The molecule has 9 nitrogen and oxygen atoms in total. The van der Waals surface area contributed by atoms with Crippen LogP contribution < -0.4 is 5.32 Å². The smallest absolute Gasteiger partial charge is 0.183 e. The quantitative estimate of drug-likeness (QED) is 0.362. The van der Waals surface area contributed by atoms with Gasteiger partial charge in [-0.2, -0.15) is 0 Å². The number of nitrogens with one attached hydrogen (secondary N) is 1. The number of thioether (sulfide) groups is 1. The first-order valence-electron chi connectivity index (χ1n) is 9.31. The van der Waals surface area contributed by atoms with Crippen molar-refractivity contribution in [3.8, 4) is 11.4 Å². The second kappa shape index (κ2) is 9.77. The molecule has 0 saturated carbocycles. The third-order valence-electron chi connectivity index (χ3n) is 4.85. The Morgan fingerprint density at radius 2 is 1.97 bits per heavy atom. The van der Waals surface area contributed by atoms with Crippen LogP contribution in [0, 0.1) is 5.82 Å².